The molecule has 0 bridgehead atoms. The van der Waals surface area contributed by atoms with Gasteiger partial charge in [-0.1, -0.05) is 54.6 Å². The molecule has 2 nitrogen and oxygen atoms in total. The van der Waals surface area contributed by atoms with Crippen molar-refractivity contribution in [2.45, 2.75) is 6.42 Å². The summed E-state index contributed by atoms with van der Waals surface area (Å²) in [6.45, 7) is 0. The fourth-order valence-electron chi connectivity index (χ4n) is 3.24. The maximum absolute atomic E-state index is 11.9. The van der Waals surface area contributed by atoms with Crippen LogP contribution in [0.5, 0.6) is 0 Å². The number of esters is 1. The Labute approximate surface area is 162 Å². The number of rotatable bonds is 6. The van der Waals surface area contributed by atoms with Gasteiger partial charge in [0.1, 0.15) is 23.2 Å². The standard InChI is InChI=1S/C22H22O2P.ClH/c1-24-22(23)17-18-25(19-11-5-2-6-12-19,20-13-7-3-8-14-20)21-15-9-4-10-16-21;/h2-16H,17-18H2,1H3;1H/q+1;/p-1. The molecule has 3 aromatic carbocycles. The van der Waals surface area contributed by atoms with Crippen LogP contribution < -0.4 is 28.3 Å². The maximum atomic E-state index is 11.9. The first kappa shape index (κ1) is 20.2. The average molecular weight is 385 g/mol. The van der Waals surface area contributed by atoms with Gasteiger partial charge in [0.15, 0.2) is 0 Å². The summed E-state index contributed by atoms with van der Waals surface area (Å²) in [7, 11) is -0.467. The minimum absolute atomic E-state index is 0. The largest absolute Gasteiger partial charge is 1.00 e. The third kappa shape index (κ3) is 4.15. The van der Waals surface area contributed by atoms with Crippen LogP contribution >= 0.6 is 7.26 Å². The lowest BCUT2D eigenvalue weighted by atomic mass is 10.3. The monoisotopic (exact) mass is 384 g/mol. The summed E-state index contributed by atoms with van der Waals surface area (Å²) >= 11 is 0. The minimum Gasteiger partial charge on any atom is -1.00 e. The van der Waals surface area contributed by atoms with Gasteiger partial charge in [-0.3, -0.25) is 4.79 Å². The van der Waals surface area contributed by atoms with Gasteiger partial charge < -0.3 is 17.1 Å². The van der Waals surface area contributed by atoms with E-state index in [1.54, 1.807) is 0 Å². The number of carbonyl (C=O) groups is 1. The van der Waals surface area contributed by atoms with Crippen LogP contribution in [0.25, 0.3) is 0 Å². The van der Waals surface area contributed by atoms with E-state index in [1.165, 1.54) is 23.0 Å². The van der Waals surface area contributed by atoms with Gasteiger partial charge in [-0.15, -0.1) is 0 Å². The Morgan fingerprint density at radius 3 is 1.38 bits per heavy atom. The second-order valence-electron chi connectivity index (χ2n) is 5.87. The van der Waals surface area contributed by atoms with Crippen LogP contribution in [0.3, 0.4) is 0 Å². The van der Waals surface area contributed by atoms with Gasteiger partial charge >= 0.3 is 5.97 Å². The van der Waals surface area contributed by atoms with E-state index in [0.29, 0.717) is 6.42 Å². The highest BCUT2D eigenvalue weighted by molar-refractivity contribution is 7.95. The van der Waals surface area contributed by atoms with Crippen LogP contribution in [0.1, 0.15) is 6.42 Å². The van der Waals surface area contributed by atoms with E-state index in [9.17, 15) is 4.79 Å². The van der Waals surface area contributed by atoms with Crippen molar-refractivity contribution in [3.05, 3.63) is 91.0 Å². The number of hydrogen-bond acceptors (Lipinski definition) is 2. The van der Waals surface area contributed by atoms with Crippen molar-refractivity contribution in [2.24, 2.45) is 0 Å². The van der Waals surface area contributed by atoms with Crippen LogP contribution in [0, 0.1) is 0 Å². The summed E-state index contributed by atoms with van der Waals surface area (Å²) in [6, 6.07) is 31.7. The zero-order valence-corrected chi connectivity index (χ0v) is 16.4. The second-order valence-corrected chi connectivity index (χ2v) is 9.48. The molecule has 4 heteroatoms. The average Bonchev–Trinajstić information content (AvgIpc) is 2.71. The molecule has 0 radical (unpaired) electrons. The van der Waals surface area contributed by atoms with Crippen LogP contribution in [0.2, 0.25) is 0 Å². The molecular formula is C22H22ClO2P. The molecule has 0 N–H and O–H groups in total. The molecule has 0 aromatic heterocycles. The SMILES string of the molecule is COC(=O)CC[P+](c1ccccc1)(c1ccccc1)c1ccccc1.[Cl-]. The van der Waals surface area contributed by atoms with Gasteiger partial charge in [0, 0.05) is 0 Å². The molecule has 0 saturated heterocycles. The van der Waals surface area contributed by atoms with Crippen molar-refractivity contribution in [1.29, 1.82) is 0 Å². The van der Waals surface area contributed by atoms with E-state index in [-0.39, 0.29) is 18.4 Å². The van der Waals surface area contributed by atoms with Crippen LogP contribution in [-0.2, 0) is 9.53 Å². The zero-order valence-electron chi connectivity index (χ0n) is 14.7. The van der Waals surface area contributed by atoms with Gasteiger partial charge in [-0.2, -0.15) is 0 Å². The lowest BCUT2D eigenvalue weighted by Crippen LogP contribution is -3.00. The molecule has 134 valence electrons. The molecule has 26 heavy (non-hydrogen) atoms. The summed E-state index contributed by atoms with van der Waals surface area (Å²) in [5.74, 6) is -0.160. The number of carbonyl (C=O) groups excluding carboxylic acids is 1. The highest BCUT2D eigenvalue weighted by atomic mass is 35.5. The molecule has 0 atom stereocenters. The Morgan fingerprint density at radius 2 is 1.08 bits per heavy atom. The number of hydrogen-bond donors (Lipinski definition) is 0. The summed E-state index contributed by atoms with van der Waals surface area (Å²) in [5, 5.41) is 3.86. The number of ether oxygens (including phenoxy) is 1. The number of methoxy groups -OCH3 is 1. The molecule has 0 aliphatic carbocycles. The lowest BCUT2D eigenvalue weighted by molar-refractivity contribution is -0.140. The molecule has 0 heterocycles. The molecule has 0 unspecified atom stereocenters. The highest BCUT2D eigenvalue weighted by Crippen LogP contribution is 2.55. The van der Waals surface area contributed by atoms with Crippen LogP contribution in [-0.4, -0.2) is 19.2 Å². The van der Waals surface area contributed by atoms with E-state index in [0.717, 1.165) is 6.16 Å². The Balaban J connectivity index is 0.00000243. The Kier molecular flexibility index (Phi) is 7.38. The highest BCUT2D eigenvalue weighted by Gasteiger charge is 2.45. The van der Waals surface area contributed by atoms with Crippen molar-refractivity contribution in [1.82, 2.24) is 0 Å². The zero-order chi connectivity index (χ0) is 17.5. The summed E-state index contributed by atoms with van der Waals surface area (Å²) < 4.78 is 4.93. The molecule has 0 fully saturated rings. The fraction of sp³-hybridized carbons (Fsp3) is 0.136. The smallest absolute Gasteiger partial charge is 0.309 e. The van der Waals surface area contributed by atoms with Crippen LogP contribution in [0.4, 0.5) is 0 Å². The topological polar surface area (TPSA) is 26.3 Å². The molecule has 3 rings (SSSR count). The molecule has 0 saturated carbocycles. The second kappa shape index (κ2) is 9.52. The van der Waals surface area contributed by atoms with Crippen molar-refractivity contribution in [3.63, 3.8) is 0 Å². The van der Waals surface area contributed by atoms with Crippen molar-refractivity contribution >= 4 is 29.1 Å². The quantitative estimate of drug-likeness (QED) is 0.458. The van der Waals surface area contributed by atoms with E-state index < -0.39 is 7.26 Å². The third-order valence-corrected chi connectivity index (χ3v) is 8.90. The van der Waals surface area contributed by atoms with Gasteiger partial charge in [0.05, 0.1) is 19.7 Å². The van der Waals surface area contributed by atoms with Gasteiger partial charge in [0.25, 0.3) is 0 Å². The Hall–Kier alpha value is -2.15. The van der Waals surface area contributed by atoms with Crippen molar-refractivity contribution < 1.29 is 21.9 Å². The minimum atomic E-state index is -1.92. The van der Waals surface area contributed by atoms with Gasteiger partial charge in [0.2, 0.25) is 0 Å². The first-order valence-electron chi connectivity index (χ1n) is 8.39. The van der Waals surface area contributed by atoms with Gasteiger partial charge in [-0.25, -0.2) is 0 Å². The first-order chi connectivity index (χ1) is 12.3. The molecular weight excluding hydrogens is 363 g/mol. The Morgan fingerprint density at radius 1 is 0.731 bits per heavy atom. The third-order valence-electron chi connectivity index (χ3n) is 4.47. The first-order valence-corrected chi connectivity index (χ1v) is 10.4. The normalized spacial score (nSPS) is 10.7. The van der Waals surface area contributed by atoms with Gasteiger partial charge in [-0.05, 0) is 36.4 Å². The van der Waals surface area contributed by atoms with E-state index >= 15 is 0 Å². The Bertz CT molecular complexity index is 711. The van der Waals surface area contributed by atoms with Crippen molar-refractivity contribution in [3.8, 4) is 0 Å². The molecule has 0 aliphatic rings. The summed E-state index contributed by atoms with van der Waals surface area (Å²) in [6.07, 6.45) is 1.17. The van der Waals surface area contributed by atoms with Crippen molar-refractivity contribution in [2.75, 3.05) is 13.3 Å². The molecule has 0 spiro atoms. The molecule has 0 aliphatic heterocycles. The van der Waals surface area contributed by atoms with E-state index in [1.807, 2.05) is 18.2 Å². The summed E-state index contributed by atoms with van der Waals surface area (Å²) in [4.78, 5) is 11.9. The summed E-state index contributed by atoms with van der Waals surface area (Å²) in [5.41, 5.74) is 0. The number of halogens is 1. The lowest BCUT2D eigenvalue weighted by Gasteiger charge is -2.27. The maximum Gasteiger partial charge on any atom is 0.309 e. The number of benzene rings is 3. The van der Waals surface area contributed by atoms with E-state index in [2.05, 4.69) is 72.8 Å². The van der Waals surface area contributed by atoms with Crippen LogP contribution in [0.15, 0.2) is 91.0 Å². The van der Waals surface area contributed by atoms with E-state index in [4.69, 9.17) is 4.74 Å². The molecule has 0 amide bonds. The predicted octanol–water partition coefficient (Wildman–Crippen LogP) is 0.548. The fourth-order valence-corrected chi connectivity index (χ4v) is 7.47. The predicted molar refractivity (Wildman–Crippen MR) is 107 cm³/mol. The molecule has 3 aromatic rings.